The van der Waals surface area contributed by atoms with Crippen LogP contribution in [-0.2, 0) is 9.63 Å². The van der Waals surface area contributed by atoms with Gasteiger partial charge in [0.25, 0.3) is 0 Å². The van der Waals surface area contributed by atoms with Crippen LogP contribution in [-0.4, -0.2) is 41.7 Å². The third-order valence-corrected chi connectivity index (χ3v) is 1.77. The van der Waals surface area contributed by atoms with Crippen LogP contribution >= 0.6 is 0 Å². The van der Waals surface area contributed by atoms with Crippen molar-refractivity contribution < 1.29 is 19.5 Å². The highest BCUT2D eigenvalue weighted by Gasteiger charge is 2.29. The molecule has 0 aromatic heterocycles. The van der Waals surface area contributed by atoms with Gasteiger partial charge in [0, 0.05) is 13.1 Å². The molecule has 0 bridgehead atoms. The molecule has 6 nitrogen and oxygen atoms in total. The number of hydroxylamine groups is 1. The topological polar surface area (TPSA) is 78.9 Å². The minimum Gasteiger partial charge on any atom is -0.479 e. The maximum absolute atomic E-state index is 11.1. The third-order valence-electron chi connectivity index (χ3n) is 1.77. The molecule has 1 fully saturated rings. The summed E-state index contributed by atoms with van der Waals surface area (Å²) in [5, 5.41) is 8.20. The molecular weight excluding hydrogens is 176 g/mol. The highest BCUT2D eigenvalue weighted by Crippen LogP contribution is 2.24. The van der Waals surface area contributed by atoms with Crippen LogP contribution in [0.5, 0.6) is 0 Å². The molecule has 2 N–H and O–H groups in total. The van der Waals surface area contributed by atoms with Crippen molar-refractivity contribution in [3.05, 3.63) is 0 Å². The smallest absolute Gasteiger partial charge is 0.341 e. The van der Waals surface area contributed by atoms with Crippen molar-refractivity contribution in [1.82, 2.24) is 10.4 Å². The lowest BCUT2D eigenvalue weighted by molar-refractivity contribution is -0.144. The van der Waals surface area contributed by atoms with E-state index in [2.05, 4.69) is 4.84 Å². The molecule has 1 rings (SSSR count). The molecule has 0 unspecified atom stereocenters. The van der Waals surface area contributed by atoms with Gasteiger partial charge >= 0.3 is 12.0 Å². The molecule has 2 amide bonds. The molecule has 13 heavy (non-hydrogen) atoms. The zero-order valence-corrected chi connectivity index (χ0v) is 7.32. The van der Waals surface area contributed by atoms with E-state index in [4.69, 9.17) is 5.11 Å². The normalized spacial score (nSPS) is 15.2. The van der Waals surface area contributed by atoms with Gasteiger partial charge in [0.05, 0.1) is 0 Å². The van der Waals surface area contributed by atoms with Gasteiger partial charge < -0.3 is 10.0 Å². The molecule has 0 radical (unpaired) electrons. The number of carbonyl (C=O) groups is 2. The molecule has 6 heteroatoms. The van der Waals surface area contributed by atoms with Crippen LogP contribution in [0, 0.1) is 0 Å². The summed E-state index contributed by atoms with van der Waals surface area (Å²) in [4.78, 5) is 27.0. The van der Waals surface area contributed by atoms with E-state index in [1.807, 2.05) is 5.48 Å². The number of rotatable bonds is 4. The first-order chi connectivity index (χ1) is 6.11. The van der Waals surface area contributed by atoms with E-state index in [0.717, 1.165) is 12.8 Å². The lowest BCUT2D eigenvalue weighted by atomic mass is 10.6. The second kappa shape index (κ2) is 4.08. The summed E-state index contributed by atoms with van der Waals surface area (Å²) in [6, 6.07) is -0.114. The number of carboxylic acid groups (broad SMARTS) is 1. The largest absolute Gasteiger partial charge is 0.479 e. The van der Waals surface area contributed by atoms with Gasteiger partial charge in [0.1, 0.15) is 0 Å². The summed E-state index contributed by atoms with van der Waals surface area (Å²) in [5.74, 6) is -1.12. The molecule has 0 heterocycles. The number of nitrogens with one attached hydrogen (secondary N) is 1. The van der Waals surface area contributed by atoms with Crippen molar-refractivity contribution >= 4 is 12.0 Å². The Labute approximate surface area is 75.4 Å². The Kier molecular flexibility index (Phi) is 3.07. The molecular formula is C7H12N2O4. The molecule has 1 aliphatic rings. The number of aliphatic carboxylic acids is 1. The van der Waals surface area contributed by atoms with E-state index in [9.17, 15) is 9.59 Å². The van der Waals surface area contributed by atoms with Crippen LogP contribution in [0.1, 0.15) is 12.8 Å². The number of hydrogen-bond donors (Lipinski definition) is 2. The van der Waals surface area contributed by atoms with E-state index < -0.39 is 18.6 Å². The Hall–Kier alpha value is -1.30. The van der Waals surface area contributed by atoms with E-state index >= 15 is 0 Å². The fraction of sp³-hybridized carbons (Fsp3) is 0.714. The highest BCUT2D eigenvalue weighted by atomic mass is 16.7. The van der Waals surface area contributed by atoms with Gasteiger partial charge in [0.15, 0.2) is 6.61 Å². The van der Waals surface area contributed by atoms with Gasteiger partial charge in [-0.15, -0.1) is 0 Å². The summed E-state index contributed by atoms with van der Waals surface area (Å²) < 4.78 is 0. The first kappa shape index (κ1) is 9.79. The van der Waals surface area contributed by atoms with Crippen LogP contribution in [0.25, 0.3) is 0 Å². The second-order valence-electron chi connectivity index (χ2n) is 2.93. The Bertz CT molecular complexity index is 215. The zero-order chi connectivity index (χ0) is 9.84. The van der Waals surface area contributed by atoms with Crippen molar-refractivity contribution in [2.24, 2.45) is 0 Å². The fourth-order valence-electron chi connectivity index (χ4n) is 0.859. The first-order valence-electron chi connectivity index (χ1n) is 3.97. The maximum Gasteiger partial charge on any atom is 0.341 e. The van der Waals surface area contributed by atoms with E-state index in [1.54, 1.807) is 7.05 Å². The predicted molar refractivity (Wildman–Crippen MR) is 42.9 cm³/mol. The summed E-state index contributed by atoms with van der Waals surface area (Å²) in [5.41, 5.74) is 2.04. The fourth-order valence-corrected chi connectivity index (χ4v) is 0.859. The van der Waals surface area contributed by atoms with E-state index in [1.165, 1.54) is 4.90 Å². The molecule has 0 aromatic carbocycles. The molecule has 0 aromatic rings. The summed E-state index contributed by atoms with van der Waals surface area (Å²) >= 11 is 0. The van der Waals surface area contributed by atoms with Gasteiger partial charge in [-0.2, -0.15) is 0 Å². The van der Waals surface area contributed by atoms with Crippen molar-refractivity contribution in [3.63, 3.8) is 0 Å². The van der Waals surface area contributed by atoms with Crippen molar-refractivity contribution in [2.45, 2.75) is 18.9 Å². The number of amides is 2. The summed E-state index contributed by atoms with van der Waals surface area (Å²) in [7, 11) is 1.65. The average molecular weight is 188 g/mol. The summed E-state index contributed by atoms with van der Waals surface area (Å²) in [6.45, 7) is -0.524. The van der Waals surface area contributed by atoms with E-state index in [0.29, 0.717) is 0 Å². The van der Waals surface area contributed by atoms with Gasteiger partial charge in [-0.25, -0.2) is 15.1 Å². The number of carbonyl (C=O) groups excluding carboxylic acids is 1. The van der Waals surface area contributed by atoms with E-state index in [-0.39, 0.29) is 6.04 Å². The van der Waals surface area contributed by atoms with Crippen LogP contribution < -0.4 is 5.48 Å². The molecule has 1 aliphatic carbocycles. The molecule has 0 atom stereocenters. The van der Waals surface area contributed by atoms with Crippen molar-refractivity contribution in [1.29, 1.82) is 0 Å². The quantitative estimate of drug-likeness (QED) is 0.599. The number of hydrogen-bond acceptors (Lipinski definition) is 3. The minimum absolute atomic E-state index is 0.286. The Morgan fingerprint density at radius 3 is 2.69 bits per heavy atom. The third kappa shape index (κ3) is 3.29. The van der Waals surface area contributed by atoms with Gasteiger partial charge in [-0.05, 0) is 12.8 Å². The Morgan fingerprint density at radius 2 is 2.23 bits per heavy atom. The zero-order valence-electron chi connectivity index (χ0n) is 7.32. The monoisotopic (exact) mass is 188 g/mol. The highest BCUT2D eigenvalue weighted by molar-refractivity contribution is 5.74. The molecule has 0 saturated heterocycles. The van der Waals surface area contributed by atoms with Crippen LogP contribution in [0.2, 0.25) is 0 Å². The standard InChI is InChI=1S/C7H12N2O4/c1-9(5-2-3-5)7(12)8-13-4-6(10)11/h5H,2-4H2,1H3,(H,8,12)(H,10,11). The van der Waals surface area contributed by atoms with Crippen molar-refractivity contribution in [3.8, 4) is 0 Å². The van der Waals surface area contributed by atoms with Gasteiger partial charge in [-0.3, -0.25) is 4.84 Å². The maximum atomic E-state index is 11.1. The average Bonchev–Trinajstić information content (AvgIpc) is 2.84. The Balaban J connectivity index is 2.13. The lowest BCUT2D eigenvalue weighted by Crippen LogP contribution is -2.39. The number of nitrogens with zero attached hydrogens (tertiary/aromatic N) is 1. The minimum atomic E-state index is -1.12. The second-order valence-corrected chi connectivity index (χ2v) is 2.93. The van der Waals surface area contributed by atoms with Crippen LogP contribution in [0.4, 0.5) is 4.79 Å². The number of urea groups is 1. The van der Waals surface area contributed by atoms with Gasteiger partial charge in [-0.1, -0.05) is 0 Å². The van der Waals surface area contributed by atoms with Crippen LogP contribution in [0.15, 0.2) is 0 Å². The first-order valence-corrected chi connectivity index (χ1v) is 3.97. The van der Waals surface area contributed by atoms with Crippen molar-refractivity contribution in [2.75, 3.05) is 13.7 Å². The SMILES string of the molecule is CN(C(=O)NOCC(=O)O)C1CC1. The summed E-state index contributed by atoms with van der Waals surface area (Å²) in [6.07, 6.45) is 2.01. The predicted octanol–water partition coefficient (Wildman–Crippen LogP) is -0.194. The van der Waals surface area contributed by atoms with Crippen LogP contribution in [0.3, 0.4) is 0 Å². The number of carboxylic acids is 1. The molecule has 0 aliphatic heterocycles. The molecule has 74 valence electrons. The van der Waals surface area contributed by atoms with Gasteiger partial charge in [0.2, 0.25) is 0 Å². The molecule has 1 saturated carbocycles. The lowest BCUT2D eigenvalue weighted by Gasteiger charge is -2.15. The Morgan fingerprint density at radius 1 is 1.62 bits per heavy atom. The molecule has 0 spiro atoms.